The van der Waals surface area contributed by atoms with Gasteiger partial charge in [-0.05, 0) is 19.3 Å². The first-order valence-corrected chi connectivity index (χ1v) is 8.84. The summed E-state index contributed by atoms with van der Waals surface area (Å²) in [4.78, 5) is 25.2. The van der Waals surface area contributed by atoms with Crippen molar-refractivity contribution in [2.24, 2.45) is 0 Å². The van der Waals surface area contributed by atoms with E-state index in [-0.39, 0.29) is 12.3 Å². The molecule has 0 aliphatic carbocycles. The molecular formula is C13H23N3O6S. The lowest BCUT2D eigenvalue weighted by molar-refractivity contribution is -0.137. The fraction of sp³-hybridized carbons (Fsp3) is 0.692. The Balaban J connectivity index is 2.76. The number of sulfonamides is 1. The number of carbonyl (C=O) groups is 2. The van der Waals surface area contributed by atoms with Crippen LogP contribution in [0.2, 0.25) is 0 Å². The van der Waals surface area contributed by atoms with Gasteiger partial charge in [-0.3, -0.25) is 9.59 Å². The highest BCUT2D eigenvalue weighted by Crippen LogP contribution is 2.18. The normalized spacial score (nSPS) is 20.8. The van der Waals surface area contributed by atoms with Gasteiger partial charge in [0.15, 0.2) is 5.94 Å². The maximum Gasteiger partial charge on any atom is 0.243 e. The Hall–Kier alpha value is -1.49. The van der Waals surface area contributed by atoms with Gasteiger partial charge in [0.25, 0.3) is 0 Å². The number of aliphatic hydroxyl groups is 2. The standard InChI is InChI=1S/C13H23N3O6S/c1-3-5-10(12(19)15-23(21,22)8-17)14-13(20)11-6-4-7-16(11)9(2)18/h3,10-12,15,17,19H,1,4-8H2,2H3,(H,14,20). The predicted molar refractivity (Wildman–Crippen MR) is 82.3 cm³/mol. The van der Waals surface area contributed by atoms with E-state index in [0.717, 1.165) is 0 Å². The third-order valence-electron chi connectivity index (χ3n) is 3.56. The van der Waals surface area contributed by atoms with Crippen LogP contribution in [0.25, 0.3) is 0 Å². The van der Waals surface area contributed by atoms with Crippen molar-refractivity contribution in [1.29, 1.82) is 0 Å². The van der Waals surface area contributed by atoms with Gasteiger partial charge in [-0.1, -0.05) is 6.08 Å². The number of carbonyl (C=O) groups excluding carboxylic acids is 2. The van der Waals surface area contributed by atoms with E-state index in [1.165, 1.54) is 17.9 Å². The molecule has 0 aromatic carbocycles. The number of nitrogens with zero attached hydrogens (tertiary/aromatic N) is 1. The number of rotatable bonds is 8. The highest BCUT2D eigenvalue weighted by Gasteiger charge is 2.34. The fourth-order valence-electron chi connectivity index (χ4n) is 2.44. The van der Waals surface area contributed by atoms with Crippen LogP contribution in [-0.2, 0) is 19.6 Å². The quantitative estimate of drug-likeness (QED) is 0.303. The van der Waals surface area contributed by atoms with Gasteiger partial charge in [-0.2, -0.15) is 4.72 Å². The summed E-state index contributed by atoms with van der Waals surface area (Å²) in [5.74, 6) is -1.87. The molecule has 2 amide bonds. The van der Waals surface area contributed by atoms with Crippen molar-refractivity contribution in [1.82, 2.24) is 14.9 Å². The highest BCUT2D eigenvalue weighted by molar-refractivity contribution is 7.89. The molecule has 3 atom stereocenters. The Morgan fingerprint density at radius 3 is 2.65 bits per heavy atom. The van der Waals surface area contributed by atoms with Crippen molar-refractivity contribution in [3.8, 4) is 0 Å². The largest absolute Gasteiger partial charge is 0.379 e. The molecule has 1 aliphatic heterocycles. The van der Waals surface area contributed by atoms with E-state index in [4.69, 9.17) is 5.11 Å². The molecule has 23 heavy (non-hydrogen) atoms. The Labute approximate surface area is 135 Å². The molecule has 3 unspecified atom stereocenters. The van der Waals surface area contributed by atoms with Gasteiger partial charge >= 0.3 is 0 Å². The first kappa shape index (κ1) is 19.6. The van der Waals surface area contributed by atoms with Gasteiger partial charge in [0, 0.05) is 13.5 Å². The summed E-state index contributed by atoms with van der Waals surface area (Å²) in [5.41, 5.74) is 0. The van der Waals surface area contributed by atoms with E-state index in [0.29, 0.717) is 19.4 Å². The van der Waals surface area contributed by atoms with Crippen molar-refractivity contribution in [3.05, 3.63) is 12.7 Å². The van der Waals surface area contributed by atoms with Crippen LogP contribution < -0.4 is 10.0 Å². The summed E-state index contributed by atoms with van der Waals surface area (Å²) < 4.78 is 24.4. The van der Waals surface area contributed by atoms with E-state index in [1.807, 2.05) is 4.72 Å². The molecule has 1 rings (SSSR count). The average molecular weight is 349 g/mol. The van der Waals surface area contributed by atoms with Gasteiger partial charge in [0.05, 0.1) is 6.04 Å². The monoisotopic (exact) mass is 349 g/mol. The third-order valence-corrected chi connectivity index (χ3v) is 4.50. The molecule has 0 aromatic heterocycles. The second-order valence-corrected chi connectivity index (χ2v) is 7.04. The lowest BCUT2D eigenvalue weighted by Crippen LogP contribution is -2.55. The van der Waals surface area contributed by atoms with Crippen molar-refractivity contribution in [2.45, 2.75) is 44.5 Å². The maximum absolute atomic E-state index is 12.3. The molecule has 0 bridgehead atoms. The lowest BCUT2D eigenvalue weighted by Gasteiger charge is -2.28. The van der Waals surface area contributed by atoms with Crippen LogP contribution >= 0.6 is 0 Å². The van der Waals surface area contributed by atoms with Crippen molar-refractivity contribution >= 4 is 21.8 Å². The minimum Gasteiger partial charge on any atom is -0.379 e. The third kappa shape index (κ3) is 5.57. The number of nitrogens with one attached hydrogen (secondary N) is 2. The SMILES string of the molecule is C=CCC(NC(=O)C1CCCN1C(C)=O)C(O)NS(=O)(=O)CO. The zero-order valence-corrected chi connectivity index (χ0v) is 13.8. The summed E-state index contributed by atoms with van der Waals surface area (Å²) in [6.07, 6.45) is 1.10. The molecule has 0 spiro atoms. The van der Waals surface area contributed by atoms with Crippen molar-refractivity contribution in [3.63, 3.8) is 0 Å². The zero-order valence-electron chi connectivity index (χ0n) is 12.9. The smallest absolute Gasteiger partial charge is 0.243 e. The molecule has 4 N–H and O–H groups in total. The highest BCUT2D eigenvalue weighted by atomic mass is 32.2. The van der Waals surface area contributed by atoms with Gasteiger partial charge in [-0.15, -0.1) is 6.58 Å². The maximum atomic E-state index is 12.3. The minimum absolute atomic E-state index is 0.105. The van der Waals surface area contributed by atoms with Crippen LogP contribution in [0.1, 0.15) is 26.2 Å². The van der Waals surface area contributed by atoms with E-state index in [1.54, 1.807) is 0 Å². The Morgan fingerprint density at radius 1 is 1.48 bits per heavy atom. The second kappa shape index (κ2) is 8.39. The predicted octanol–water partition coefficient (Wildman–Crippen LogP) is -1.75. The van der Waals surface area contributed by atoms with Crippen molar-refractivity contribution < 1.29 is 28.2 Å². The molecule has 9 nitrogen and oxygen atoms in total. The van der Waals surface area contributed by atoms with Gasteiger partial charge in [-0.25, -0.2) is 8.42 Å². The second-order valence-electron chi connectivity index (χ2n) is 5.32. The van der Waals surface area contributed by atoms with E-state index in [9.17, 15) is 23.1 Å². The van der Waals surface area contributed by atoms with E-state index < -0.39 is 40.2 Å². The van der Waals surface area contributed by atoms with Crippen LogP contribution in [0.15, 0.2) is 12.7 Å². The van der Waals surface area contributed by atoms with Crippen LogP contribution in [0, 0.1) is 0 Å². The zero-order chi connectivity index (χ0) is 17.6. The summed E-state index contributed by atoms with van der Waals surface area (Å²) in [6, 6.07) is -1.60. The van der Waals surface area contributed by atoms with E-state index >= 15 is 0 Å². The molecule has 1 heterocycles. The fourth-order valence-corrected chi connectivity index (χ4v) is 3.05. The summed E-state index contributed by atoms with van der Waals surface area (Å²) in [5, 5.41) is 21.1. The first-order valence-electron chi connectivity index (χ1n) is 7.19. The van der Waals surface area contributed by atoms with Crippen LogP contribution in [0.5, 0.6) is 0 Å². The van der Waals surface area contributed by atoms with Gasteiger partial charge in [0.1, 0.15) is 12.3 Å². The molecule has 0 radical (unpaired) electrons. The lowest BCUT2D eigenvalue weighted by atomic mass is 10.1. The first-order chi connectivity index (χ1) is 10.7. The summed E-state index contributed by atoms with van der Waals surface area (Å²) >= 11 is 0. The van der Waals surface area contributed by atoms with Crippen LogP contribution in [0.3, 0.4) is 0 Å². The average Bonchev–Trinajstić information content (AvgIpc) is 2.96. The van der Waals surface area contributed by atoms with Crippen molar-refractivity contribution in [2.75, 3.05) is 12.5 Å². The number of hydrogen-bond acceptors (Lipinski definition) is 6. The molecule has 10 heteroatoms. The van der Waals surface area contributed by atoms with Crippen LogP contribution in [-0.4, -0.2) is 66.1 Å². The van der Waals surface area contributed by atoms with E-state index in [2.05, 4.69) is 11.9 Å². The Bertz CT molecular complexity index is 550. The molecule has 1 aliphatic rings. The van der Waals surface area contributed by atoms with Gasteiger partial charge in [0.2, 0.25) is 21.8 Å². The Kier molecular flexibility index (Phi) is 7.13. The molecule has 1 saturated heterocycles. The molecule has 132 valence electrons. The summed E-state index contributed by atoms with van der Waals surface area (Å²) in [7, 11) is -4.06. The number of amides is 2. The molecule has 0 aromatic rings. The summed E-state index contributed by atoms with van der Waals surface area (Å²) in [6.45, 7) is 5.35. The number of likely N-dealkylation sites (tertiary alicyclic amines) is 1. The molecular weight excluding hydrogens is 326 g/mol. The Morgan fingerprint density at radius 2 is 2.13 bits per heavy atom. The van der Waals surface area contributed by atoms with Crippen LogP contribution in [0.4, 0.5) is 0 Å². The van der Waals surface area contributed by atoms with Gasteiger partial charge < -0.3 is 20.4 Å². The number of aliphatic hydroxyl groups excluding tert-OH is 2. The molecule has 1 fully saturated rings. The number of hydrogen-bond donors (Lipinski definition) is 4. The topological polar surface area (TPSA) is 136 Å². The molecule has 0 saturated carbocycles. The minimum atomic E-state index is -4.06.